The molecule has 0 fully saturated rings. The van der Waals surface area contributed by atoms with Crippen molar-refractivity contribution in [3.63, 3.8) is 0 Å². The Kier molecular flexibility index (Phi) is 7.04. The van der Waals surface area contributed by atoms with E-state index < -0.39 is 0 Å². The molecule has 0 radical (unpaired) electrons. The van der Waals surface area contributed by atoms with Crippen LogP contribution in [0.1, 0.15) is 48.9 Å². The van der Waals surface area contributed by atoms with Crippen LogP contribution in [0.25, 0.3) is 10.2 Å². The highest BCUT2D eigenvalue weighted by Crippen LogP contribution is 2.23. The molecular weight excluding hydrogens is 380 g/mol. The topological polar surface area (TPSA) is 43.6 Å². The van der Waals surface area contributed by atoms with Crippen LogP contribution in [0.2, 0.25) is 0 Å². The molecule has 1 amide bonds. The predicted molar refractivity (Wildman–Crippen MR) is 121 cm³/mol. The van der Waals surface area contributed by atoms with Gasteiger partial charge in [-0.15, -0.1) is 0 Å². The number of carbonyl (C=O) groups is 1. The van der Waals surface area contributed by atoms with Crippen LogP contribution in [-0.4, -0.2) is 23.7 Å². The number of carbonyl (C=O) groups excluding carboxylic acids is 1. The lowest BCUT2D eigenvalue weighted by Gasteiger charge is -2.07. The van der Waals surface area contributed by atoms with E-state index >= 15 is 0 Å². The van der Waals surface area contributed by atoms with Crippen molar-refractivity contribution < 1.29 is 9.53 Å². The fourth-order valence-electron chi connectivity index (χ4n) is 3.46. The van der Waals surface area contributed by atoms with E-state index in [0.29, 0.717) is 32.1 Å². The van der Waals surface area contributed by atoms with Crippen molar-refractivity contribution in [2.45, 2.75) is 53.5 Å². The molecule has 2 aromatic carbocycles. The molecule has 29 heavy (non-hydrogen) atoms. The molecule has 0 saturated carbocycles. The van der Waals surface area contributed by atoms with E-state index in [1.165, 1.54) is 21.4 Å². The second-order valence-electron chi connectivity index (χ2n) is 7.74. The lowest BCUT2D eigenvalue weighted by atomic mass is 10.0. The maximum absolute atomic E-state index is 12.7. The van der Waals surface area contributed by atoms with Crippen LogP contribution in [0.15, 0.2) is 41.4 Å². The lowest BCUT2D eigenvalue weighted by Crippen LogP contribution is -2.20. The van der Waals surface area contributed by atoms with Crippen LogP contribution in [0.5, 0.6) is 0 Å². The number of hydrogen-bond donors (Lipinski definition) is 0. The molecule has 1 heterocycles. The Morgan fingerprint density at radius 1 is 1.17 bits per heavy atom. The minimum absolute atomic E-state index is 0.117. The monoisotopic (exact) mass is 410 g/mol. The summed E-state index contributed by atoms with van der Waals surface area (Å²) in [6, 6.07) is 12.6. The molecule has 0 spiro atoms. The molecule has 3 rings (SSSR count). The molecule has 0 aliphatic carbocycles. The second kappa shape index (κ2) is 9.51. The summed E-state index contributed by atoms with van der Waals surface area (Å²) in [7, 11) is 0. The predicted octanol–water partition coefficient (Wildman–Crippen LogP) is 5.15. The molecule has 154 valence electrons. The van der Waals surface area contributed by atoms with Crippen LogP contribution in [0.4, 0.5) is 0 Å². The van der Waals surface area contributed by atoms with Gasteiger partial charge in [-0.25, -0.2) is 0 Å². The third-order valence-electron chi connectivity index (χ3n) is 5.00. The van der Waals surface area contributed by atoms with Gasteiger partial charge in [-0.05, 0) is 55.0 Å². The first-order valence-electron chi connectivity index (χ1n) is 10.2. The number of amides is 1. The van der Waals surface area contributed by atoms with Crippen molar-refractivity contribution in [2.24, 2.45) is 4.99 Å². The van der Waals surface area contributed by atoms with Gasteiger partial charge in [0, 0.05) is 13.2 Å². The first kappa shape index (κ1) is 21.5. The van der Waals surface area contributed by atoms with Crippen LogP contribution >= 0.6 is 11.3 Å². The molecule has 0 aliphatic heterocycles. The van der Waals surface area contributed by atoms with E-state index in [2.05, 4.69) is 61.5 Å². The summed E-state index contributed by atoms with van der Waals surface area (Å²) in [4.78, 5) is 17.9. The maximum Gasteiger partial charge on any atom is 0.252 e. The largest absolute Gasteiger partial charge is 0.380 e. The molecule has 0 aliphatic rings. The average Bonchev–Trinajstić information content (AvgIpc) is 3.00. The number of thiazole rings is 1. The van der Waals surface area contributed by atoms with E-state index in [-0.39, 0.29) is 5.91 Å². The highest BCUT2D eigenvalue weighted by Gasteiger charge is 2.11. The number of fused-ring (bicyclic) bond motifs is 1. The van der Waals surface area contributed by atoms with Crippen molar-refractivity contribution in [1.82, 2.24) is 4.57 Å². The molecule has 1 aromatic heterocycles. The maximum atomic E-state index is 12.7. The number of benzene rings is 2. The lowest BCUT2D eigenvalue weighted by molar-refractivity contribution is -0.117. The Morgan fingerprint density at radius 2 is 1.90 bits per heavy atom. The summed E-state index contributed by atoms with van der Waals surface area (Å²) in [6.45, 7) is 12.5. The van der Waals surface area contributed by atoms with Gasteiger partial charge in [0.2, 0.25) is 0 Å². The van der Waals surface area contributed by atoms with E-state index in [9.17, 15) is 4.79 Å². The van der Waals surface area contributed by atoms with Gasteiger partial charge in [0.1, 0.15) is 0 Å². The van der Waals surface area contributed by atoms with Gasteiger partial charge < -0.3 is 9.30 Å². The Hall–Kier alpha value is -2.24. The van der Waals surface area contributed by atoms with Crippen molar-refractivity contribution in [3.8, 4) is 0 Å². The molecule has 0 saturated heterocycles. The molecule has 4 nitrogen and oxygen atoms in total. The van der Waals surface area contributed by atoms with Crippen molar-refractivity contribution in [3.05, 3.63) is 63.5 Å². The van der Waals surface area contributed by atoms with Crippen LogP contribution in [-0.2, 0) is 22.5 Å². The summed E-state index contributed by atoms with van der Waals surface area (Å²) in [5, 5.41) is 0. The van der Waals surface area contributed by atoms with Gasteiger partial charge in [0.05, 0.1) is 23.2 Å². The van der Waals surface area contributed by atoms with Gasteiger partial charge in [-0.2, -0.15) is 4.99 Å². The number of aromatic nitrogens is 1. The van der Waals surface area contributed by atoms with Gasteiger partial charge in [-0.1, -0.05) is 55.5 Å². The number of hydrogen-bond acceptors (Lipinski definition) is 3. The minimum atomic E-state index is -0.117. The highest BCUT2D eigenvalue weighted by atomic mass is 32.1. The molecular formula is C24H30N2O2S. The molecule has 0 bridgehead atoms. The zero-order valence-electron chi connectivity index (χ0n) is 18.0. The van der Waals surface area contributed by atoms with Gasteiger partial charge in [0.15, 0.2) is 4.80 Å². The fourth-order valence-corrected chi connectivity index (χ4v) is 4.58. The average molecular weight is 411 g/mol. The highest BCUT2D eigenvalue weighted by molar-refractivity contribution is 7.16. The Labute approximate surface area is 176 Å². The molecule has 0 unspecified atom stereocenters. The fraction of sp³-hybridized carbons (Fsp3) is 0.417. The van der Waals surface area contributed by atoms with Gasteiger partial charge >= 0.3 is 0 Å². The number of ether oxygens (including phenoxy) is 1. The summed E-state index contributed by atoms with van der Waals surface area (Å²) in [5.41, 5.74) is 5.83. The molecule has 3 aromatic rings. The van der Waals surface area contributed by atoms with Crippen LogP contribution in [0, 0.1) is 13.8 Å². The number of rotatable bonds is 7. The summed E-state index contributed by atoms with van der Waals surface area (Å²) < 4.78 is 8.86. The van der Waals surface area contributed by atoms with E-state index in [1.54, 1.807) is 11.3 Å². The van der Waals surface area contributed by atoms with E-state index in [1.807, 2.05) is 19.1 Å². The molecule has 0 atom stereocenters. The summed E-state index contributed by atoms with van der Waals surface area (Å²) in [6.07, 6.45) is 0.316. The third kappa shape index (κ3) is 5.22. The first-order valence-corrected chi connectivity index (χ1v) is 11.1. The Morgan fingerprint density at radius 3 is 2.55 bits per heavy atom. The minimum Gasteiger partial charge on any atom is -0.380 e. The summed E-state index contributed by atoms with van der Waals surface area (Å²) in [5.74, 6) is 0.368. The molecule has 5 heteroatoms. The Balaban J connectivity index is 1.93. The quantitative estimate of drug-likeness (QED) is 0.506. The number of aryl methyl sites for hydroxylation is 2. The van der Waals surface area contributed by atoms with E-state index in [0.717, 1.165) is 15.9 Å². The smallest absolute Gasteiger partial charge is 0.252 e. The SMILES string of the molecule is CCOCCn1c(=NC(=O)Cc2ccc(C(C)C)cc2)sc2c(C)cc(C)cc21. The van der Waals surface area contributed by atoms with Crippen molar-refractivity contribution in [2.75, 3.05) is 13.2 Å². The van der Waals surface area contributed by atoms with Crippen LogP contribution in [0.3, 0.4) is 0 Å². The zero-order chi connectivity index (χ0) is 21.0. The molecule has 0 N–H and O–H groups in total. The third-order valence-corrected chi connectivity index (χ3v) is 6.23. The Bertz CT molecular complexity index is 1060. The zero-order valence-corrected chi connectivity index (χ0v) is 18.8. The van der Waals surface area contributed by atoms with Crippen molar-refractivity contribution in [1.29, 1.82) is 0 Å². The van der Waals surface area contributed by atoms with Gasteiger partial charge in [0.25, 0.3) is 5.91 Å². The second-order valence-corrected chi connectivity index (χ2v) is 8.72. The normalized spacial score (nSPS) is 12.3. The standard InChI is InChI=1S/C24H30N2O2S/c1-6-28-12-11-26-21-14-17(4)13-18(5)23(21)29-24(26)25-22(27)15-19-7-9-20(10-8-19)16(2)3/h7-10,13-14,16H,6,11-12,15H2,1-5H3. The number of nitrogens with zero attached hydrogens (tertiary/aromatic N) is 2. The van der Waals surface area contributed by atoms with Crippen LogP contribution < -0.4 is 4.80 Å². The first-order chi connectivity index (χ1) is 13.9. The van der Waals surface area contributed by atoms with Crippen molar-refractivity contribution >= 4 is 27.5 Å². The summed E-state index contributed by atoms with van der Waals surface area (Å²) >= 11 is 1.58. The van der Waals surface area contributed by atoms with E-state index in [4.69, 9.17) is 4.74 Å². The van der Waals surface area contributed by atoms with Gasteiger partial charge in [-0.3, -0.25) is 4.79 Å².